The molecule has 0 amide bonds. The first-order valence-electron chi connectivity index (χ1n) is 7.95. The van der Waals surface area contributed by atoms with Gasteiger partial charge in [-0.1, -0.05) is 27.7 Å². The lowest BCUT2D eigenvalue weighted by Crippen LogP contribution is -2.68. The van der Waals surface area contributed by atoms with E-state index in [1.165, 1.54) is 12.8 Å². The Bertz CT molecular complexity index is 422. The second-order valence-electron chi connectivity index (χ2n) is 8.03. The smallest absolute Gasteiger partial charge is 0.191 e. The molecule has 122 valence electrons. The molecule has 0 bridgehead atoms. The third-order valence-corrected chi connectivity index (χ3v) is 5.85. The molecule has 2 saturated carbocycles. The first kappa shape index (κ1) is 17.3. The molecule has 0 radical (unpaired) electrons. The number of nitrogens with one attached hydrogen (secondary N) is 2. The van der Waals surface area contributed by atoms with E-state index in [1.807, 2.05) is 7.05 Å². The summed E-state index contributed by atoms with van der Waals surface area (Å²) in [6.07, 6.45) is 2.93. The highest BCUT2D eigenvalue weighted by atomic mass is 127. The molecule has 1 saturated heterocycles. The number of aliphatic imine (C=N–C) groups is 1. The summed E-state index contributed by atoms with van der Waals surface area (Å²) < 4.78 is 5.85. The Labute approximate surface area is 145 Å². The average molecular weight is 407 g/mol. The predicted molar refractivity (Wildman–Crippen MR) is 97.2 cm³/mol. The lowest BCUT2D eigenvalue weighted by molar-refractivity contribution is -0.106. The lowest BCUT2D eigenvalue weighted by Gasteiger charge is -2.54. The number of hydrogen-bond donors (Lipinski definition) is 2. The van der Waals surface area contributed by atoms with Crippen LogP contribution in [0.2, 0.25) is 0 Å². The molecule has 2 aliphatic carbocycles. The van der Waals surface area contributed by atoms with Crippen molar-refractivity contribution < 1.29 is 4.74 Å². The van der Waals surface area contributed by atoms with E-state index in [2.05, 4.69) is 43.3 Å². The third-order valence-electron chi connectivity index (χ3n) is 5.85. The van der Waals surface area contributed by atoms with Gasteiger partial charge in [0.05, 0.1) is 6.10 Å². The van der Waals surface area contributed by atoms with Crippen LogP contribution in [0.15, 0.2) is 4.99 Å². The van der Waals surface area contributed by atoms with E-state index in [9.17, 15) is 0 Å². The zero-order chi connectivity index (χ0) is 14.5. The monoisotopic (exact) mass is 407 g/mol. The van der Waals surface area contributed by atoms with Crippen molar-refractivity contribution in [1.29, 1.82) is 0 Å². The van der Waals surface area contributed by atoms with Crippen molar-refractivity contribution in [1.82, 2.24) is 10.6 Å². The van der Waals surface area contributed by atoms with Crippen molar-refractivity contribution in [3.8, 4) is 0 Å². The highest BCUT2D eigenvalue weighted by molar-refractivity contribution is 14.0. The van der Waals surface area contributed by atoms with E-state index in [0.717, 1.165) is 25.0 Å². The summed E-state index contributed by atoms with van der Waals surface area (Å²) >= 11 is 0. The van der Waals surface area contributed by atoms with E-state index in [4.69, 9.17) is 4.74 Å². The molecular weight excluding hydrogens is 377 g/mol. The second-order valence-corrected chi connectivity index (χ2v) is 8.03. The van der Waals surface area contributed by atoms with Gasteiger partial charge >= 0.3 is 0 Å². The van der Waals surface area contributed by atoms with Crippen LogP contribution in [-0.2, 0) is 4.74 Å². The minimum absolute atomic E-state index is 0. The van der Waals surface area contributed by atoms with E-state index in [0.29, 0.717) is 23.5 Å². The van der Waals surface area contributed by atoms with Crippen LogP contribution in [0.25, 0.3) is 0 Å². The minimum atomic E-state index is 0. The van der Waals surface area contributed by atoms with Crippen LogP contribution >= 0.6 is 24.0 Å². The number of rotatable bonds is 3. The Morgan fingerprint density at radius 1 is 1.29 bits per heavy atom. The van der Waals surface area contributed by atoms with Crippen molar-refractivity contribution >= 4 is 29.9 Å². The maximum absolute atomic E-state index is 5.85. The normalized spacial score (nSPS) is 38.8. The van der Waals surface area contributed by atoms with Crippen LogP contribution in [0.3, 0.4) is 0 Å². The molecule has 3 fully saturated rings. The van der Waals surface area contributed by atoms with Gasteiger partial charge in [0.25, 0.3) is 0 Å². The topological polar surface area (TPSA) is 45.7 Å². The van der Waals surface area contributed by atoms with E-state index in [1.54, 1.807) is 0 Å². The number of nitrogens with zero attached hydrogens (tertiary/aromatic N) is 1. The lowest BCUT2D eigenvalue weighted by atomic mass is 9.57. The average Bonchev–Trinajstić information content (AvgIpc) is 2.82. The maximum atomic E-state index is 5.85. The van der Waals surface area contributed by atoms with Crippen LogP contribution in [0.4, 0.5) is 0 Å². The van der Waals surface area contributed by atoms with Gasteiger partial charge in [0.15, 0.2) is 5.96 Å². The van der Waals surface area contributed by atoms with Crippen LogP contribution in [-0.4, -0.2) is 38.3 Å². The largest absolute Gasteiger partial charge is 0.377 e. The minimum Gasteiger partial charge on any atom is -0.377 e. The summed E-state index contributed by atoms with van der Waals surface area (Å²) in [4.78, 5) is 4.39. The van der Waals surface area contributed by atoms with Gasteiger partial charge in [-0.05, 0) is 24.2 Å². The summed E-state index contributed by atoms with van der Waals surface area (Å²) in [6, 6.07) is 0.480. The molecule has 3 aliphatic rings. The first-order valence-corrected chi connectivity index (χ1v) is 7.95. The molecule has 4 nitrogen and oxygen atoms in total. The quantitative estimate of drug-likeness (QED) is 0.430. The fraction of sp³-hybridized carbons (Fsp3) is 0.938. The number of guanidine groups is 1. The molecule has 0 aromatic heterocycles. The predicted octanol–water partition coefficient (Wildman–Crippen LogP) is 2.63. The number of fused-ring (bicyclic) bond motifs is 1. The Morgan fingerprint density at radius 3 is 2.52 bits per heavy atom. The van der Waals surface area contributed by atoms with Gasteiger partial charge in [-0.25, -0.2) is 0 Å². The molecule has 4 unspecified atom stereocenters. The van der Waals surface area contributed by atoms with E-state index >= 15 is 0 Å². The van der Waals surface area contributed by atoms with Gasteiger partial charge in [0.1, 0.15) is 0 Å². The van der Waals surface area contributed by atoms with Crippen LogP contribution in [0, 0.1) is 22.7 Å². The zero-order valence-corrected chi connectivity index (χ0v) is 16.2. The molecule has 3 rings (SSSR count). The Kier molecular flexibility index (Phi) is 4.84. The molecule has 4 atom stereocenters. The molecule has 0 aromatic rings. The van der Waals surface area contributed by atoms with Crippen molar-refractivity contribution in [3.05, 3.63) is 0 Å². The number of ether oxygens (including phenoxy) is 1. The van der Waals surface area contributed by atoms with Crippen molar-refractivity contribution in [3.63, 3.8) is 0 Å². The van der Waals surface area contributed by atoms with Gasteiger partial charge in [0, 0.05) is 37.6 Å². The molecular formula is C16H30IN3O. The molecule has 5 heteroatoms. The molecule has 1 heterocycles. The van der Waals surface area contributed by atoms with E-state index < -0.39 is 0 Å². The van der Waals surface area contributed by atoms with Gasteiger partial charge < -0.3 is 15.4 Å². The van der Waals surface area contributed by atoms with Crippen LogP contribution < -0.4 is 10.6 Å². The Morgan fingerprint density at radius 2 is 1.95 bits per heavy atom. The van der Waals surface area contributed by atoms with Crippen LogP contribution in [0.5, 0.6) is 0 Å². The third kappa shape index (κ3) is 3.05. The molecule has 1 aliphatic heterocycles. The first-order chi connectivity index (χ1) is 9.36. The maximum Gasteiger partial charge on any atom is 0.191 e. The summed E-state index contributed by atoms with van der Waals surface area (Å²) in [6.45, 7) is 11.2. The highest BCUT2D eigenvalue weighted by Gasteiger charge is 2.59. The fourth-order valence-corrected chi connectivity index (χ4v) is 4.10. The van der Waals surface area contributed by atoms with Gasteiger partial charge in [-0.2, -0.15) is 0 Å². The Balaban J connectivity index is 0.00000161. The van der Waals surface area contributed by atoms with Crippen molar-refractivity contribution in [2.24, 2.45) is 27.7 Å². The van der Waals surface area contributed by atoms with Crippen molar-refractivity contribution in [2.45, 2.75) is 52.7 Å². The fourth-order valence-electron chi connectivity index (χ4n) is 4.10. The van der Waals surface area contributed by atoms with Gasteiger partial charge in [-0.3, -0.25) is 4.99 Å². The molecule has 0 aromatic carbocycles. The molecule has 0 spiro atoms. The SMILES string of the molecule is CN=C(NCC1CC1(C)C)NC1C2CCOC2C1(C)C.I. The standard InChI is InChI=1S/C16H29N3O.HI/c1-15(2)8-10(15)9-18-14(17-5)19-12-11-6-7-20-13(11)16(12,3)4;/h10-13H,6-9H2,1-5H3,(H2,17,18,19);1H. The Hall–Kier alpha value is -0.0400. The molecule has 2 N–H and O–H groups in total. The van der Waals surface area contributed by atoms with Crippen LogP contribution in [0.1, 0.15) is 40.5 Å². The summed E-state index contributed by atoms with van der Waals surface area (Å²) in [5.74, 6) is 2.40. The molecule has 21 heavy (non-hydrogen) atoms. The summed E-state index contributed by atoms with van der Waals surface area (Å²) in [5, 5.41) is 7.14. The zero-order valence-electron chi connectivity index (χ0n) is 13.9. The van der Waals surface area contributed by atoms with Crippen molar-refractivity contribution in [2.75, 3.05) is 20.2 Å². The van der Waals surface area contributed by atoms with Gasteiger partial charge in [-0.15, -0.1) is 24.0 Å². The number of hydrogen-bond acceptors (Lipinski definition) is 2. The second kappa shape index (κ2) is 5.87. The number of halogens is 1. The summed E-state index contributed by atoms with van der Waals surface area (Å²) in [5.41, 5.74) is 0.726. The van der Waals surface area contributed by atoms with Gasteiger partial charge in [0.2, 0.25) is 0 Å². The summed E-state index contributed by atoms with van der Waals surface area (Å²) in [7, 11) is 1.86. The highest BCUT2D eigenvalue weighted by Crippen LogP contribution is 2.52. The van der Waals surface area contributed by atoms with E-state index in [-0.39, 0.29) is 29.4 Å².